The Hall–Kier alpha value is -0.680. The quantitative estimate of drug-likeness (QED) is 0.0163. The molecule has 0 aromatic rings. The summed E-state index contributed by atoms with van der Waals surface area (Å²) in [6.45, 7) is 21.0. The van der Waals surface area contributed by atoms with Crippen molar-refractivity contribution in [3.8, 4) is 0 Å². The van der Waals surface area contributed by atoms with Gasteiger partial charge in [0.25, 0.3) is 0 Å². The maximum absolute atomic E-state index is 5.88. The second-order valence-corrected chi connectivity index (χ2v) is 11.8. The molecule has 0 aliphatic heterocycles. The first kappa shape index (κ1) is 46.3. The molecule has 0 spiro atoms. The molecule has 0 aromatic carbocycles. The van der Waals surface area contributed by atoms with Crippen LogP contribution < -0.4 is 87.6 Å². The minimum Gasteiger partial charge on any atom is -0.329 e. The largest absolute Gasteiger partial charge is 0.329 e. The lowest BCUT2D eigenvalue weighted by molar-refractivity contribution is -0.975. The van der Waals surface area contributed by atoms with Gasteiger partial charge in [-0.25, -0.2) is 0 Å². The monoisotopic (exact) mass is 679 g/mol. The van der Waals surface area contributed by atoms with Crippen LogP contribution in [0.25, 0.3) is 0 Å². The molecule has 284 valence electrons. The van der Waals surface area contributed by atoms with Crippen molar-refractivity contribution in [2.75, 3.05) is 170 Å². The van der Waals surface area contributed by atoms with Gasteiger partial charge in [0, 0.05) is 124 Å². The van der Waals surface area contributed by atoms with Crippen molar-refractivity contribution >= 4 is 0 Å². The standard InChI is InChI=1S/C30H80N17/c31-3-13-37-9-1-11-43-27-29(45-12-2-10-38-14-4-32)47(25-23-41-17-7-35,26-24-42-18-8-36)30(46-22-21-40-16-6-34)28-44-20-19-39-15-5-33/h29-30,37-46H,1-28,31-36H2/q+1. The lowest BCUT2D eigenvalue weighted by atomic mass is 10.1. The zero-order valence-corrected chi connectivity index (χ0v) is 29.9. The van der Waals surface area contributed by atoms with Crippen molar-refractivity contribution < 1.29 is 4.48 Å². The van der Waals surface area contributed by atoms with E-state index in [0.717, 1.165) is 148 Å². The van der Waals surface area contributed by atoms with E-state index < -0.39 is 0 Å². The van der Waals surface area contributed by atoms with Crippen molar-refractivity contribution in [3.63, 3.8) is 0 Å². The first-order valence-corrected chi connectivity index (χ1v) is 18.4. The van der Waals surface area contributed by atoms with E-state index in [2.05, 4.69) is 53.2 Å². The van der Waals surface area contributed by atoms with Gasteiger partial charge in [-0.3, -0.25) is 15.1 Å². The van der Waals surface area contributed by atoms with Gasteiger partial charge in [-0.05, 0) is 32.5 Å². The van der Waals surface area contributed by atoms with Gasteiger partial charge < -0.3 is 76.9 Å². The average molecular weight is 679 g/mol. The van der Waals surface area contributed by atoms with Gasteiger partial charge in [0.15, 0.2) is 12.3 Å². The lowest BCUT2D eigenvalue weighted by Gasteiger charge is -2.51. The van der Waals surface area contributed by atoms with E-state index in [-0.39, 0.29) is 12.3 Å². The molecule has 17 heteroatoms. The first-order valence-electron chi connectivity index (χ1n) is 18.4. The smallest absolute Gasteiger partial charge is 0.157 e. The van der Waals surface area contributed by atoms with E-state index in [0.29, 0.717) is 39.3 Å². The minimum atomic E-state index is 0.129. The van der Waals surface area contributed by atoms with Gasteiger partial charge in [-0.1, -0.05) is 0 Å². The molecule has 17 nitrogen and oxygen atoms in total. The van der Waals surface area contributed by atoms with E-state index in [1.54, 1.807) is 0 Å². The Bertz CT molecular complexity index is 595. The Morgan fingerprint density at radius 3 is 1.11 bits per heavy atom. The van der Waals surface area contributed by atoms with E-state index >= 15 is 0 Å². The maximum atomic E-state index is 5.88. The highest BCUT2D eigenvalue weighted by Crippen LogP contribution is 2.17. The van der Waals surface area contributed by atoms with Crippen molar-refractivity contribution in [1.29, 1.82) is 0 Å². The molecule has 47 heavy (non-hydrogen) atoms. The number of hydrogen-bond acceptors (Lipinski definition) is 16. The SMILES string of the molecule is NCCNCCCNCC(NCCCNCCN)[N+](CCNCCN)(CCNCCN)C(CNCCNCCN)NCCNCCN. The molecule has 0 bridgehead atoms. The fourth-order valence-corrected chi connectivity index (χ4v) is 5.56. The Balaban J connectivity index is 6.28. The Morgan fingerprint density at radius 2 is 0.638 bits per heavy atom. The molecule has 2 unspecified atom stereocenters. The molecule has 0 saturated carbocycles. The average Bonchev–Trinajstić information content (AvgIpc) is 3.08. The molecule has 0 aliphatic carbocycles. The van der Waals surface area contributed by atoms with Crippen LogP contribution in [0.2, 0.25) is 0 Å². The molecule has 0 heterocycles. The maximum Gasteiger partial charge on any atom is 0.157 e. The third-order valence-electron chi connectivity index (χ3n) is 8.03. The predicted molar refractivity (Wildman–Crippen MR) is 200 cm³/mol. The van der Waals surface area contributed by atoms with Crippen LogP contribution in [-0.4, -0.2) is 187 Å². The van der Waals surface area contributed by atoms with E-state index in [1.807, 2.05) is 0 Å². The van der Waals surface area contributed by atoms with E-state index in [9.17, 15) is 0 Å². The molecule has 0 radical (unpaired) electrons. The first-order chi connectivity index (χ1) is 23.2. The third kappa shape index (κ3) is 25.9. The fraction of sp³-hybridized carbons (Fsp3) is 1.00. The van der Waals surface area contributed by atoms with Crippen LogP contribution in [0, 0.1) is 0 Å². The number of quaternary nitrogens is 1. The molecule has 0 saturated heterocycles. The summed E-state index contributed by atoms with van der Waals surface area (Å²) < 4.78 is 0.823. The molecule has 0 aromatic heterocycles. The van der Waals surface area contributed by atoms with Gasteiger partial charge >= 0.3 is 0 Å². The van der Waals surface area contributed by atoms with Crippen molar-refractivity contribution in [3.05, 3.63) is 0 Å². The molecule has 0 rings (SSSR count). The summed E-state index contributed by atoms with van der Waals surface area (Å²) in [5.41, 5.74) is 34.6. The highest BCUT2D eigenvalue weighted by atomic mass is 15.5. The Labute approximate surface area is 287 Å². The Morgan fingerprint density at radius 1 is 0.319 bits per heavy atom. The molecule has 2 atom stereocenters. The van der Waals surface area contributed by atoms with Gasteiger partial charge in [-0.15, -0.1) is 0 Å². The van der Waals surface area contributed by atoms with Crippen molar-refractivity contribution in [1.82, 2.24) is 53.2 Å². The number of rotatable bonds is 40. The van der Waals surface area contributed by atoms with Crippen LogP contribution >= 0.6 is 0 Å². The van der Waals surface area contributed by atoms with Gasteiger partial charge in [-0.2, -0.15) is 0 Å². The third-order valence-corrected chi connectivity index (χ3v) is 8.03. The summed E-state index contributed by atoms with van der Waals surface area (Å²) in [5, 5.41) is 36.5. The normalized spacial score (nSPS) is 13.4. The van der Waals surface area contributed by atoms with Gasteiger partial charge in [0.1, 0.15) is 0 Å². The summed E-state index contributed by atoms with van der Waals surface area (Å²) in [7, 11) is 0. The lowest BCUT2D eigenvalue weighted by Crippen LogP contribution is -2.76. The van der Waals surface area contributed by atoms with Gasteiger partial charge in [0.05, 0.1) is 26.2 Å². The summed E-state index contributed by atoms with van der Waals surface area (Å²) in [5.74, 6) is 0. The Kier molecular flexibility index (Phi) is 36.1. The molecular weight excluding hydrogens is 598 g/mol. The highest BCUT2D eigenvalue weighted by molar-refractivity contribution is 4.74. The zero-order valence-electron chi connectivity index (χ0n) is 29.9. The van der Waals surface area contributed by atoms with Crippen LogP contribution in [-0.2, 0) is 0 Å². The molecule has 0 fully saturated rings. The number of hydrogen-bond donors (Lipinski definition) is 16. The zero-order chi connectivity index (χ0) is 34.5. The number of nitrogens with one attached hydrogen (secondary N) is 10. The van der Waals surface area contributed by atoms with E-state index in [1.165, 1.54) is 0 Å². The van der Waals surface area contributed by atoms with Crippen molar-refractivity contribution in [2.45, 2.75) is 25.2 Å². The summed E-state index contributed by atoms with van der Waals surface area (Å²) in [6, 6.07) is 0. The molecule has 0 amide bonds. The second-order valence-electron chi connectivity index (χ2n) is 11.8. The molecule has 22 N–H and O–H groups in total. The minimum absolute atomic E-state index is 0.129. The second kappa shape index (κ2) is 36.6. The molecule has 0 aliphatic rings. The summed E-state index contributed by atoms with van der Waals surface area (Å²) in [4.78, 5) is 0. The fourth-order valence-electron chi connectivity index (χ4n) is 5.56. The van der Waals surface area contributed by atoms with E-state index in [4.69, 9.17) is 34.4 Å². The van der Waals surface area contributed by atoms with Crippen LogP contribution in [0.4, 0.5) is 0 Å². The predicted octanol–water partition coefficient (Wildman–Crippen LogP) is -7.12. The summed E-state index contributed by atoms with van der Waals surface area (Å²) in [6.07, 6.45) is 2.33. The highest BCUT2D eigenvalue weighted by Gasteiger charge is 2.42. The number of nitrogens with zero attached hydrogens (tertiary/aromatic N) is 1. The van der Waals surface area contributed by atoms with Crippen molar-refractivity contribution in [2.24, 2.45) is 34.4 Å². The summed E-state index contributed by atoms with van der Waals surface area (Å²) >= 11 is 0. The van der Waals surface area contributed by atoms with Crippen LogP contribution in [0.3, 0.4) is 0 Å². The van der Waals surface area contributed by atoms with Gasteiger partial charge in [0.2, 0.25) is 0 Å². The topological polar surface area (TPSA) is 276 Å². The number of nitrogens with two attached hydrogens (primary N) is 6. The van der Waals surface area contributed by atoms with Crippen LogP contribution in [0.1, 0.15) is 12.8 Å². The van der Waals surface area contributed by atoms with Crippen LogP contribution in [0.5, 0.6) is 0 Å². The molecular formula is C30H80N17+. The van der Waals surface area contributed by atoms with Crippen LogP contribution in [0.15, 0.2) is 0 Å².